The first-order chi connectivity index (χ1) is 10.2. The average molecular weight is 289 g/mol. The van der Waals surface area contributed by atoms with Crippen LogP contribution in [0.25, 0.3) is 0 Å². The first-order valence-electron chi connectivity index (χ1n) is 7.81. The number of allylic oxidation sites excluding steroid dienone is 2. The Bertz CT molecular complexity index is 502. The van der Waals surface area contributed by atoms with Crippen LogP contribution >= 0.6 is 0 Å². The summed E-state index contributed by atoms with van der Waals surface area (Å²) >= 11 is 0. The summed E-state index contributed by atoms with van der Waals surface area (Å²) in [5, 5.41) is 13.9. The molecule has 5 heteroatoms. The van der Waals surface area contributed by atoms with Crippen LogP contribution in [-0.4, -0.2) is 45.4 Å². The molecule has 1 aliphatic heterocycles. The molecule has 1 aliphatic carbocycles. The molecule has 0 bridgehead atoms. The highest BCUT2D eigenvalue weighted by molar-refractivity contribution is 5.76. The van der Waals surface area contributed by atoms with E-state index in [1.165, 1.54) is 19.3 Å². The topological polar surface area (TPSA) is 58.4 Å². The van der Waals surface area contributed by atoms with Gasteiger partial charge >= 0.3 is 5.97 Å². The number of carboxylic acid groups (broad SMARTS) is 1. The highest BCUT2D eigenvalue weighted by atomic mass is 16.4. The maximum atomic E-state index is 11.8. The Hall–Kier alpha value is -1.62. The Kier molecular flexibility index (Phi) is 4.10. The van der Waals surface area contributed by atoms with Crippen molar-refractivity contribution in [3.05, 3.63) is 30.6 Å². The Balaban J connectivity index is 1.63. The summed E-state index contributed by atoms with van der Waals surface area (Å²) in [6.07, 6.45) is 12.9. The molecule has 3 rings (SSSR count). The number of rotatable bonds is 4. The fourth-order valence-electron chi connectivity index (χ4n) is 3.56. The molecule has 0 aromatic carbocycles. The standard InChI is InChI=1S/C16H23N3O2/c20-15(21)16(19-10-4-9-17-19)7-11-18(12-8-16)13-14-5-2-1-3-6-14/h1-2,4,9-10,14H,3,5-8,11-13H2,(H,20,21)/t14-/m0/s1. The molecule has 5 nitrogen and oxygen atoms in total. The number of hydrogen-bond donors (Lipinski definition) is 1. The zero-order chi connectivity index (χ0) is 14.7. The fraction of sp³-hybridized carbons (Fsp3) is 0.625. The maximum absolute atomic E-state index is 11.8. The number of carbonyl (C=O) groups is 1. The van der Waals surface area contributed by atoms with E-state index in [9.17, 15) is 9.90 Å². The van der Waals surface area contributed by atoms with Gasteiger partial charge in [-0.1, -0.05) is 12.2 Å². The zero-order valence-corrected chi connectivity index (χ0v) is 12.3. The molecule has 0 saturated carbocycles. The molecule has 2 heterocycles. The van der Waals surface area contributed by atoms with E-state index in [1.54, 1.807) is 23.1 Å². The molecular weight excluding hydrogens is 266 g/mol. The molecule has 2 aliphatic rings. The van der Waals surface area contributed by atoms with Crippen molar-refractivity contribution >= 4 is 5.97 Å². The first kappa shape index (κ1) is 14.3. The van der Waals surface area contributed by atoms with Crippen LogP contribution in [0.1, 0.15) is 32.1 Å². The zero-order valence-electron chi connectivity index (χ0n) is 12.3. The SMILES string of the molecule is O=C(O)C1(n2cccn2)CCN(C[C@H]2CC=CCC2)CC1. The van der Waals surface area contributed by atoms with Crippen LogP contribution in [0, 0.1) is 5.92 Å². The molecular formula is C16H23N3O2. The monoisotopic (exact) mass is 289 g/mol. The lowest BCUT2D eigenvalue weighted by atomic mass is 9.86. The van der Waals surface area contributed by atoms with E-state index in [0.717, 1.165) is 25.6 Å². The van der Waals surface area contributed by atoms with Gasteiger partial charge < -0.3 is 10.0 Å². The lowest BCUT2D eigenvalue weighted by Gasteiger charge is -2.40. The van der Waals surface area contributed by atoms with Crippen LogP contribution < -0.4 is 0 Å². The van der Waals surface area contributed by atoms with Gasteiger partial charge in [0, 0.05) is 32.0 Å². The molecule has 0 spiro atoms. The second-order valence-electron chi connectivity index (χ2n) is 6.24. The minimum atomic E-state index is -0.855. The highest BCUT2D eigenvalue weighted by Crippen LogP contribution is 2.31. The lowest BCUT2D eigenvalue weighted by Crippen LogP contribution is -2.52. The Labute approximate surface area is 125 Å². The van der Waals surface area contributed by atoms with Gasteiger partial charge in [-0.25, -0.2) is 4.79 Å². The molecule has 0 radical (unpaired) electrons. The third-order valence-electron chi connectivity index (χ3n) is 4.92. The summed E-state index contributed by atoms with van der Waals surface area (Å²) in [4.78, 5) is 14.2. The summed E-state index contributed by atoms with van der Waals surface area (Å²) in [7, 11) is 0. The van der Waals surface area contributed by atoms with Gasteiger partial charge in [0.05, 0.1) is 0 Å². The number of hydrogen-bond acceptors (Lipinski definition) is 3. The quantitative estimate of drug-likeness (QED) is 0.863. The van der Waals surface area contributed by atoms with Crippen molar-refractivity contribution in [1.29, 1.82) is 0 Å². The number of piperidine rings is 1. The summed E-state index contributed by atoms with van der Waals surface area (Å²) in [5.74, 6) is -0.0246. The molecule has 1 aromatic rings. The van der Waals surface area contributed by atoms with E-state index in [0.29, 0.717) is 12.8 Å². The second kappa shape index (κ2) is 6.02. The van der Waals surface area contributed by atoms with Crippen LogP contribution in [0.3, 0.4) is 0 Å². The van der Waals surface area contributed by atoms with Crippen molar-refractivity contribution in [3.63, 3.8) is 0 Å². The molecule has 0 unspecified atom stereocenters. The molecule has 1 fully saturated rings. The van der Waals surface area contributed by atoms with Crippen molar-refractivity contribution in [1.82, 2.24) is 14.7 Å². The van der Waals surface area contributed by atoms with Gasteiger partial charge in [0.25, 0.3) is 0 Å². The Morgan fingerprint density at radius 1 is 1.33 bits per heavy atom. The largest absolute Gasteiger partial charge is 0.479 e. The Morgan fingerprint density at radius 3 is 2.71 bits per heavy atom. The minimum absolute atomic E-state index is 0.632. The smallest absolute Gasteiger partial charge is 0.331 e. The number of aromatic nitrogens is 2. The van der Waals surface area contributed by atoms with E-state index >= 15 is 0 Å². The van der Waals surface area contributed by atoms with Crippen LogP contribution in [0.4, 0.5) is 0 Å². The van der Waals surface area contributed by atoms with E-state index in [1.807, 2.05) is 0 Å². The van der Waals surface area contributed by atoms with Gasteiger partial charge in [0.1, 0.15) is 0 Å². The highest BCUT2D eigenvalue weighted by Gasteiger charge is 2.44. The maximum Gasteiger partial charge on any atom is 0.331 e. The van der Waals surface area contributed by atoms with Crippen molar-refractivity contribution < 1.29 is 9.90 Å². The van der Waals surface area contributed by atoms with E-state index in [4.69, 9.17) is 0 Å². The third kappa shape index (κ3) is 2.88. The van der Waals surface area contributed by atoms with E-state index < -0.39 is 11.5 Å². The number of carboxylic acids is 1. The van der Waals surface area contributed by atoms with Crippen LogP contribution in [0.5, 0.6) is 0 Å². The molecule has 1 N–H and O–H groups in total. The number of aliphatic carboxylic acids is 1. The number of likely N-dealkylation sites (tertiary alicyclic amines) is 1. The summed E-state index contributed by atoms with van der Waals surface area (Å²) in [6, 6.07) is 1.80. The fourth-order valence-corrected chi connectivity index (χ4v) is 3.56. The number of nitrogens with zero attached hydrogens (tertiary/aromatic N) is 3. The Morgan fingerprint density at radius 2 is 2.14 bits per heavy atom. The van der Waals surface area contributed by atoms with Gasteiger partial charge in [-0.3, -0.25) is 4.68 Å². The van der Waals surface area contributed by atoms with Crippen molar-refractivity contribution in [2.45, 2.75) is 37.6 Å². The van der Waals surface area contributed by atoms with Gasteiger partial charge in [0.2, 0.25) is 0 Å². The molecule has 21 heavy (non-hydrogen) atoms. The molecule has 1 saturated heterocycles. The van der Waals surface area contributed by atoms with E-state index in [-0.39, 0.29) is 0 Å². The lowest BCUT2D eigenvalue weighted by molar-refractivity contribution is -0.151. The average Bonchev–Trinajstić information content (AvgIpc) is 3.04. The third-order valence-corrected chi connectivity index (χ3v) is 4.92. The van der Waals surface area contributed by atoms with Crippen molar-refractivity contribution in [3.8, 4) is 0 Å². The predicted octanol–water partition coefficient (Wildman–Crippen LogP) is 2.12. The summed E-state index contributed by atoms with van der Waals surface area (Å²) in [6.45, 7) is 2.78. The normalized spacial score (nSPS) is 25.8. The van der Waals surface area contributed by atoms with Crippen LogP contribution in [-0.2, 0) is 10.3 Å². The molecule has 1 atom stereocenters. The molecule has 114 valence electrons. The summed E-state index contributed by atoms with van der Waals surface area (Å²) in [5.41, 5.74) is -0.855. The molecule has 0 amide bonds. The van der Waals surface area contributed by atoms with Crippen molar-refractivity contribution in [2.75, 3.05) is 19.6 Å². The van der Waals surface area contributed by atoms with Crippen LogP contribution in [0.15, 0.2) is 30.6 Å². The van der Waals surface area contributed by atoms with Gasteiger partial charge in [-0.05, 0) is 44.1 Å². The minimum Gasteiger partial charge on any atom is -0.479 e. The second-order valence-corrected chi connectivity index (χ2v) is 6.24. The van der Waals surface area contributed by atoms with Gasteiger partial charge in [-0.15, -0.1) is 0 Å². The van der Waals surface area contributed by atoms with E-state index in [2.05, 4.69) is 22.2 Å². The summed E-state index contributed by atoms with van der Waals surface area (Å²) < 4.78 is 1.63. The van der Waals surface area contributed by atoms with Gasteiger partial charge in [-0.2, -0.15) is 5.10 Å². The van der Waals surface area contributed by atoms with Crippen LogP contribution in [0.2, 0.25) is 0 Å². The predicted molar refractivity (Wildman–Crippen MR) is 80.0 cm³/mol. The molecule has 1 aromatic heterocycles. The first-order valence-corrected chi connectivity index (χ1v) is 7.81. The van der Waals surface area contributed by atoms with Gasteiger partial charge in [0.15, 0.2) is 5.54 Å². The van der Waals surface area contributed by atoms with Crippen molar-refractivity contribution in [2.24, 2.45) is 5.92 Å².